The Labute approximate surface area is 361 Å². The molecule has 2 aromatic heterocycles. The molecule has 1 atom stereocenters. The van der Waals surface area contributed by atoms with E-state index in [0.717, 1.165) is 104 Å². The van der Waals surface area contributed by atoms with Crippen LogP contribution in [0.2, 0.25) is 5.02 Å². The first-order valence-corrected chi connectivity index (χ1v) is 22.1. The van der Waals surface area contributed by atoms with Gasteiger partial charge in [0.25, 0.3) is 17.4 Å². The number of hydrogen-bond acceptors (Lipinski definition) is 10. The number of hydrogen-bond donors (Lipinski definition) is 1. The zero-order valence-electron chi connectivity index (χ0n) is 35.5. The average Bonchev–Trinajstić information content (AvgIpc) is 3.48. The number of amides is 4. The molecule has 6 heterocycles. The number of carbonyl (C=O) groups is 4. The van der Waals surface area contributed by atoms with Crippen LogP contribution in [0, 0.1) is 11.3 Å². The fraction of sp³-hybridized carbons (Fsp3) is 0.489. The summed E-state index contributed by atoms with van der Waals surface area (Å²) in [6.07, 6.45) is 11.3. The van der Waals surface area contributed by atoms with Gasteiger partial charge in [0.05, 0.1) is 22.6 Å². The number of halogens is 1. The molecule has 1 aliphatic carbocycles. The first-order chi connectivity index (χ1) is 29.3. The van der Waals surface area contributed by atoms with Crippen LogP contribution in [0.4, 0.5) is 5.82 Å². The molecule has 0 bridgehead atoms. The highest BCUT2D eigenvalue weighted by atomic mass is 35.5. The topological polar surface area (TPSA) is 137 Å². The fourth-order valence-corrected chi connectivity index (χ4v) is 10.7. The standard InChI is InChI=1S/C47H54ClN7O6/c1-5-29-18-30(37-26-52(4)44(58)36-24-49-41(51(2)3)21-34(36)37)19-39(48)38(29)27-53-14-10-28(11-15-53)25-54-16-12-47(13-17-54)22-32(23-47)61-31-6-7-33-35(20-31)46(60)55(45(33)59)40-8-9-42(56)50-43(40)57/h6-7,18-21,24,26,28,32,40H,5,8-17,22-23,25,27H2,1-4H3,(H,50,56,57). The van der Waals surface area contributed by atoms with Crippen molar-refractivity contribution in [2.75, 3.05) is 51.7 Å². The van der Waals surface area contributed by atoms with Crippen LogP contribution in [-0.4, -0.2) is 107 Å². The first-order valence-electron chi connectivity index (χ1n) is 21.7. The Morgan fingerprint density at radius 1 is 0.885 bits per heavy atom. The van der Waals surface area contributed by atoms with E-state index in [2.05, 4.69) is 39.2 Å². The largest absolute Gasteiger partial charge is 0.490 e. The van der Waals surface area contributed by atoms with Crippen LogP contribution in [0.3, 0.4) is 0 Å². The van der Waals surface area contributed by atoms with E-state index in [9.17, 15) is 24.0 Å². The third-order valence-corrected chi connectivity index (χ3v) is 14.4. The average molecular weight is 848 g/mol. The van der Waals surface area contributed by atoms with Crippen molar-refractivity contribution in [3.63, 3.8) is 0 Å². The third kappa shape index (κ3) is 7.85. The molecule has 4 aromatic rings. The van der Waals surface area contributed by atoms with E-state index in [4.69, 9.17) is 16.3 Å². The van der Waals surface area contributed by atoms with E-state index in [0.29, 0.717) is 17.1 Å². The van der Waals surface area contributed by atoms with Crippen molar-refractivity contribution < 1.29 is 23.9 Å². The van der Waals surface area contributed by atoms with Gasteiger partial charge in [0.1, 0.15) is 17.6 Å². The quantitative estimate of drug-likeness (QED) is 0.195. The number of piperidine rings is 3. The Balaban J connectivity index is 0.753. The number of imide groups is 2. The lowest BCUT2D eigenvalue weighted by Crippen LogP contribution is -2.54. The van der Waals surface area contributed by atoms with Gasteiger partial charge < -0.3 is 19.1 Å². The number of nitrogens with one attached hydrogen (secondary N) is 1. The molecule has 4 aliphatic heterocycles. The number of pyridine rings is 2. The summed E-state index contributed by atoms with van der Waals surface area (Å²) < 4.78 is 7.97. The molecule has 1 N–H and O–H groups in total. The van der Waals surface area contributed by atoms with Crippen molar-refractivity contribution in [1.82, 2.24) is 29.6 Å². The zero-order chi connectivity index (χ0) is 42.7. The predicted octanol–water partition coefficient (Wildman–Crippen LogP) is 5.82. The highest BCUT2D eigenvalue weighted by Crippen LogP contribution is 2.51. The molecule has 320 valence electrons. The molecule has 5 aliphatic rings. The van der Waals surface area contributed by atoms with Crippen LogP contribution >= 0.6 is 11.6 Å². The lowest BCUT2D eigenvalue weighted by molar-refractivity contribution is -0.136. The van der Waals surface area contributed by atoms with E-state index in [1.807, 2.05) is 31.3 Å². The number of carbonyl (C=O) groups excluding carboxylic acids is 4. The molecule has 2 aromatic carbocycles. The monoisotopic (exact) mass is 847 g/mol. The number of nitrogens with zero attached hydrogens (tertiary/aromatic N) is 6. The maximum Gasteiger partial charge on any atom is 0.262 e. The van der Waals surface area contributed by atoms with Gasteiger partial charge in [0.2, 0.25) is 11.8 Å². The van der Waals surface area contributed by atoms with Crippen molar-refractivity contribution in [3.05, 3.63) is 86.4 Å². The minimum absolute atomic E-state index is 0.0626. The zero-order valence-corrected chi connectivity index (χ0v) is 36.2. The van der Waals surface area contributed by atoms with Gasteiger partial charge >= 0.3 is 0 Å². The summed E-state index contributed by atoms with van der Waals surface area (Å²) in [5, 5.41) is 4.47. The van der Waals surface area contributed by atoms with Gasteiger partial charge in [-0.1, -0.05) is 24.6 Å². The molecular formula is C47H54ClN7O6. The van der Waals surface area contributed by atoms with E-state index in [1.165, 1.54) is 24.0 Å². The predicted molar refractivity (Wildman–Crippen MR) is 234 cm³/mol. The molecule has 14 heteroatoms. The van der Waals surface area contributed by atoms with E-state index in [1.54, 1.807) is 36.0 Å². The van der Waals surface area contributed by atoms with Gasteiger partial charge in [-0.15, -0.1) is 0 Å². The number of ether oxygens (including phenoxy) is 1. The summed E-state index contributed by atoms with van der Waals surface area (Å²) in [4.78, 5) is 76.1. The Bertz CT molecular complexity index is 2500. The summed E-state index contributed by atoms with van der Waals surface area (Å²) in [7, 11) is 5.68. The van der Waals surface area contributed by atoms with E-state index < -0.39 is 29.7 Å². The Morgan fingerprint density at radius 2 is 1.62 bits per heavy atom. The minimum atomic E-state index is -0.983. The summed E-state index contributed by atoms with van der Waals surface area (Å²) >= 11 is 7.13. The third-order valence-electron chi connectivity index (χ3n) is 14.0. The number of anilines is 1. The van der Waals surface area contributed by atoms with Gasteiger partial charge in [0.15, 0.2) is 0 Å². The lowest BCUT2D eigenvalue weighted by Gasteiger charge is -2.52. The van der Waals surface area contributed by atoms with Gasteiger partial charge in [-0.25, -0.2) is 4.98 Å². The molecule has 1 unspecified atom stereocenters. The molecule has 4 fully saturated rings. The maximum atomic E-state index is 13.3. The Kier molecular flexibility index (Phi) is 11.0. The van der Waals surface area contributed by atoms with Crippen molar-refractivity contribution in [1.29, 1.82) is 0 Å². The lowest BCUT2D eigenvalue weighted by atomic mass is 9.61. The van der Waals surface area contributed by atoms with Crippen LogP contribution in [0.15, 0.2) is 53.6 Å². The van der Waals surface area contributed by atoms with Crippen molar-refractivity contribution in [3.8, 4) is 16.9 Å². The number of benzene rings is 2. The molecule has 4 amide bonds. The molecular weight excluding hydrogens is 794 g/mol. The fourth-order valence-electron chi connectivity index (χ4n) is 10.4. The van der Waals surface area contributed by atoms with Crippen LogP contribution in [0.5, 0.6) is 5.75 Å². The maximum absolute atomic E-state index is 13.3. The van der Waals surface area contributed by atoms with Gasteiger partial charge in [-0.05, 0) is 136 Å². The summed E-state index contributed by atoms with van der Waals surface area (Å²) in [6, 6.07) is 10.3. The van der Waals surface area contributed by atoms with Crippen LogP contribution < -0.4 is 20.5 Å². The first kappa shape index (κ1) is 41.3. The summed E-state index contributed by atoms with van der Waals surface area (Å²) in [5.74, 6) is -0.00578. The second kappa shape index (κ2) is 16.3. The van der Waals surface area contributed by atoms with Gasteiger partial charge in [0, 0.05) is 69.0 Å². The molecule has 1 saturated carbocycles. The van der Waals surface area contributed by atoms with Crippen molar-refractivity contribution in [2.24, 2.45) is 18.4 Å². The van der Waals surface area contributed by atoms with Crippen LogP contribution in [0.25, 0.3) is 21.9 Å². The molecule has 3 saturated heterocycles. The summed E-state index contributed by atoms with van der Waals surface area (Å²) in [5.41, 5.74) is 5.13. The molecule has 61 heavy (non-hydrogen) atoms. The van der Waals surface area contributed by atoms with E-state index >= 15 is 0 Å². The molecule has 9 rings (SSSR count). The SMILES string of the molecule is CCc1cc(-c2cn(C)c(=O)c3cnc(N(C)C)cc23)cc(Cl)c1CN1CCC(CN2CCC3(CC2)CC(Oc2ccc4c(c2)C(=O)N(C2CCC(=O)NC2=O)C4=O)C3)CC1. The molecule has 0 radical (unpaired) electrons. The normalized spacial score (nSPS) is 21.3. The minimum Gasteiger partial charge on any atom is -0.490 e. The highest BCUT2D eigenvalue weighted by molar-refractivity contribution is 6.32. The van der Waals surface area contributed by atoms with Gasteiger partial charge in [-0.3, -0.25) is 39.1 Å². The second-order valence-electron chi connectivity index (χ2n) is 18.2. The Hall–Kier alpha value is -5.11. The van der Waals surface area contributed by atoms with Crippen LogP contribution in [-0.2, 0) is 29.6 Å². The smallest absolute Gasteiger partial charge is 0.262 e. The number of fused-ring (bicyclic) bond motifs is 2. The van der Waals surface area contributed by atoms with E-state index in [-0.39, 0.29) is 41.0 Å². The molecule has 1 spiro atoms. The van der Waals surface area contributed by atoms with Crippen LogP contribution in [0.1, 0.15) is 90.1 Å². The summed E-state index contributed by atoms with van der Waals surface area (Å²) in [6.45, 7) is 8.43. The number of rotatable bonds is 10. The Morgan fingerprint density at radius 3 is 2.33 bits per heavy atom. The second-order valence-corrected chi connectivity index (χ2v) is 18.6. The highest BCUT2D eigenvalue weighted by Gasteiger charge is 2.48. The number of aryl methyl sites for hydroxylation is 2. The molecule has 13 nitrogen and oxygen atoms in total. The number of likely N-dealkylation sites (tertiary alicyclic amines) is 2. The number of aromatic nitrogens is 2. The van der Waals surface area contributed by atoms with Gasteiger partial charge in [-0.2, -0.15) is 0 Å². The van der Waals surface area contributed by atoms with Crippen molar-refractivity contribution >= 4 is 51.8 Å². The van der Waals surface area contributed by atoms with Crippen molar-refractivity contribution in [2.45, 2.75) is 83.4 Å².